The number of nitrogens with zero attached hydrogens (tertiary/aromatic N) is 2. The zero-order chi connectivity index (χ0) is 24.2. The Morgan fingerprint density at radius 1 is 1.03 bits per heavy atom. The Hall–Kier alpha value is -3.68. The predicted octanol–water partition coefficient (Wildman–Crippen LogP) is 4.60. The molecule has 4 aromatic rings. The minimum Gasteiger partial charge on any atom is -0.488 e. The number of morpholine rings is 1. The fourth-order valence-electron chi connectivity index (χ4n) is 5.96. The molecule has 1 unspecified atom stereocenters. The standard InChI is InChI=1S/C29H26FN3O3/c30-20-6-7-24-25(23-4-2-1-3-19(23)16-36-28(24)13-20)11-18-5-8-27-26(12-18)31-29(34)33(27)21-14-22-17-35-10-9-32(22)15-21/h1-8,11-13,21-22H,9-10,14-17H2,(H,31,34)/t21?,22-/m1/s1. The molecule has 6 nitrogen and oxygen atoms in total. The Labute approximate surface area is 207 Å². The van der Waals surface area contributed by atoms with Crippen LogP contribution in [-0.2, 0) is 11.3 Å². The number of H-pyrrole nitrogens is 1. The third-order valence-electron chi connectivity index (χ3n) is 7.68. The van der Waals surface area contributed by atoms with Crippen molar-refractivity contribution < 1.29 is 13.9 Å². The highest BCUT2D eigenvalue weighted by Gasteiger charge is 2.36. The highest BCUT2D eigenvalue weighted by atomic mass is 19.1. The Bertz CT molecular complexity index is 1560. The van der Waals surface area contributed by atoms with E-state index in [1.54, 1.807) is 6.07 Å². The fraction of sp³-hybridized carbons (Fsp3) is 0.276. The van der Waals surface area contributed by atoms with Gasteiger partial charge in [0.25, 0.3) is 0 Å². The van der Waals surface area contributed by atoms with Crippen LogP contribution in [0.15, 0.2) is 65.5 Å². The van der Waals surface area contributed by atoms with Crippen molar-refractivity contribution in [2.75, 3.05) is 26.3 Å². The summed E-state index contributed by atoms with van der Waals surface area (Å²) in [7, 11) is 0. The zero-order valence-electron chi connectivity index (χ0n) is 19.7. The number of aromatic nitrogens is 2. The maximum Gasteiger partial charge on any atom is 0.326 e. The lowest BCUT2D eigenvalue weighted by atomic mass is 9.92. The van der Waals surface area contributed by atoms with Crippen LogP contribution in [0.3, 0.4) is 0 Å². The van der Waals surface area contributed by atoms with Crippen LogP contribution in [-0.4, -0.2) is 46.8 Å². The number of halogens is 1. The number of ether oxygens (including phenoxy) is 2. The Morgan fingerprint density at radius 2 is 1.94 bits per heavy atom. The van der Waals surface area contributed by atoms with Gasteiger partial charge in [0.1, 0.15) is 18.2 Å². The molecule has 1 N–H and O–H groups in total. The van der Waals surface area contributed by atoms with Gasteiger partial charge in [0, 0.05) is 30.8 Å². The predicted molar refractivity (Wildman–Crippen MR) is 137 cm³/mol. The second-order valence-corrected chi connectivity index (χ2v) is 9.83. The molecule has 182 valence electrons. The van der Waals surface area contributed by atoms with Crippen molar-refractivity contribution in [3.63, 3.8) is 0 Å². The van der Waals surface area contributed by atoms with E-state index in [0.717, 1.165) is 71.6 Å². The normalized spacial score (nSPS) is 22.6. The van der Waals surface area contributed by atoms with E-state index in [9.17, 15) is 9.18 Å². The number of aromatic amines is 1. The van der Waals surface area contributed by atoms with Crippen molar-refractivity contribution in [1.82, 2.24) is 14.5 Å². The quantitative estimate of drug-likeness (QED) is 0.453. The van der Waals surface area contributed by atoms with Gasteiger partial charge in [0.2, 0.25) is 0 Å². The first-order chi connectivity index (χ1) is 17.6. The van der Waals surface area contributed by atoms with E-state index >= 15 is 0 Å². The molecular weight excluding hydrogens is 457 g/mol. The topological polar surface area (TPSA) is 59.5 Å². The molecule has 0 spiro atoms. The molecule has 3 aromatic carbocycles. The van der Waals surface area contributed by atoms with E-state index in [2.05, 4.69) is 22.0 Å². The Morgan fingerprint density at radius 3 is 2.86 bits per heavy atom. The summed E-state index contributed by atoms with van der Waals surface area (Å²) in [4.78, 5) is 18.5. The van der Waals surface area contributed by atoms with Crippen LogP contribution >= 0.6 is 0 Å². The van der Waals surface area contributed by atoms with Crippen LogP contribution in [0.2, 0.25) is 0 Å². The Balaban J connectivity index is 1.31. The van der Waals surface area contributed by atoms with E-state index in [4.69, 9.17) is 9.47 Å². The minimum absolute atomic E-state index is 0.0744. The summed E-state index contributed by atoms with van der Waals surface area (Å²) in [6.07, 6.45) is 3.01. The maximum atomic E-state index is 14.0. The average Bonchev–Trinajstić information content (AvgIpc) is 3.41. The van der Waals surface area contributed by atoms with Gasteiger partial charge in [-0.1, -0.05) is 30.3 Å². The van der Waals surface area contributed by atoms with Crippen LogP contribution in [0.25, 0.3) is 22.7 Å². The van der Waals surface area contributed by atoms with Gasteiger partial charge in [-0.3, -0.25) is 9.47 Å². The molecular formula is C29H26FN3O3. The molecule has 2 atom stereocenters. The Kier molecular flexibility index (Phi) is 5.08. The largest absolute Gasteiger partial charge is 0.488 e. The van der Waals surface area contributed by atoms with Crippen molar-refractivity contribution in [1.29, 1.82) is 0 Å². The zero-order valence-corrected chi connectivity index (χ0v) is 19.7. The fourth-order valence-corrected chi connectivity index (χ4v) is 5.96. The smallest absolute Gasteiger partial charge is 0.326 e. The molecule has 2 saturated heterocycles. The molecule has 0 aliphatic carbocycles. The van der Waals surface area contributed by atoms with Gasteiger partial charge in [0.05, 0.1) is 30.3 Å². The van der Waals surface area contributed by atoms with E-state index < -0.39 is 0 Å². The minimum atomic E-state index is -0.325. The summed E-state index contributed by atoms with van der Waals surface area (Å²) in [6.45, 7) is 3.67. The number of benzene rings is 3. The molecule has 0 radical (unpaired) electrons. The molecule has 0 saturated carbocycles. The molecule has 36 heavy (non-hydrogen) atoms. The first kappa shape index (κ1) is 21.6. The van der Waals surface area contributed by atoms with Crippen LogP contribution in [0.5, 0.6) is 5.75 Å². The summed E-state index contributed by atoms with van der Waals surface area (Å²) >= 11 is 0. The first-order valence-electron chi connectivity index (χ1n) is 12.4. The van der Waals surface area contributed by atoms with Crippen LogP contribution in [0.4, 0.5) is 4.39 Å². The molecule has 3 aliphatic heterocycles. The molecule has 1 aromatic heterocycles. The molecule has 4 heterocycles. The van der Waals surface area contributed by atoms with Gasteiger partial charge < -0.3 is 14.5 Å². The molecule has 2 fully saturated rings. The first-order valence-corrected chi connectivity index (χ1v) is 12.4. The van der Waals surface area contributed by atoms with Crippen molar-refractivity contribution >= 4 is 22.7 Å². The van der Waals surface area contributed by atoms with Crippen molar-refractivity contribution in [3.05, 3.63) is 99.2 Å². The van der Waals surface area contributed by atoms with E-state index in [-0.39, 0.29) is 17.5 Å². The van der Waals surface area contributed by atoms with E-state index in [0.29, 0.717) is 18.4 Å². The van der Waals surface area contributed by atoms with Crippen molar-refractivity contribution in [2.24, 2.45) is 0 Å². The van der Waals surface area contributed by atoms with Gasteiger partial charge in [-0.2, -0.15) is 0 Å². The molecule has 0 bridgehead atoms. The lowest BCUT2D eigenvalue weighted by Gasteiger charge is -2.28. The molecule has 3 aliphatic rings. The highest BCUT2D eigenvalue weighted by molar-refractivity contribution is 5.95. The lowest BCUT2D eigenvalue weighted by molar-refractivity contribution is 0.0128. The van der Waals surface area contributed by atoms with E-state index in [1.807, 2.05) is 41.0 Å². The summed E-state index contributed by atoms with van der Waals surface area (Å²) in [6, 6.07) is 19.4. The number of nitrogens with one attached hydrogen (secondary N) is 1. The third kappa shape index (κ3) is 3.58. The molecule has 7 rings (SSSR count). The van der Waals surface area contributed by atoms with Crippen molar-refractivity contribution in [2.45, 2.75) is 25.1 Å². The SMILES string of the molecule is O=c1[nH]c2cc(C=C3c4ccccc4COc4cc(F)ccc43)ccc2n1C1C[C@@H]2COCCN2C1. The second kappa shape index (κ2) is 8.47. The van der Waals surface area contributed by atoms with Crippen molar-refractivity contribution in [3.8, 4) is 5.75 Å². The summed E-state index contributed by atoms with van der Waals surface area (Å²) < 4.78 is 27.5. The monoisotopic (exact) mass is 483 g/mol. The van der Waals surface area contributed by atoms with Gasteiger partial charge in [-0.05, 0) is 59.0 Å². The van der Waals surface area contributed by atoms with E-state index in [1.165, 1.54) is 12.1 Å². The number of fused-ring (bicyclic) bond motifs is 4. The summed E-state index contributed by atoms with van der Waals surface area (Å²) in [5, 5.41) is 0. The van der Waals surface area contributed by atoms with Crippen LogP contribution < -0.4 is 10.4 Å². The van der Waals surface area contributed by atoms with Gasteiger partial charge in [0.15, 0.2) is 0 Å². The number of rotatable bonds is 2. The summed E-state index contributed by atoms with van der Waals surface area (Å²) in [5.74, 6) is 0.203. The van der Waals surface area contributed by atoms with Crippen LogP contribution in [0, 0.1) is 5.82 Å². The molecule has 7 heteroatoms. The number of imidazole rings is 1. The number of hydrogen-bond acceptors (Lipinski definition) is 4. The average molecular weight is 484 g/mol. The lowest BCUT2D eigenvalue weighted by Crippen LogP contribution is -2.40. The summed E-state index contributed by atoms with van der Waals surface area (Å²) in [5.41, 5.74) is 6.52. The molecule has 0 amide bonds. The maximum absolute atomic E-state index is 14.0. The third-order valence-corrected chi connectivity index (χ3v) is 7.68. The van der Waals surface area contributed by atoms with Gasteiger partial charge in [-0.25, -0.2) is 9.18 Å². The van der Waals surface area contributed by atoms with Crippen LogP contribution in [0.1, 0.15) is 34.7 Å². The second-order valence-electron chi connectivity index (χ2n) is 9.83. The van der Waals surface area contributed by atoms with Gasteiger partial charge in [-0.15, -0.1) is 0 Å². The number of hydrogen-bond donors (Lipinski definition) is 1. The van der Waals surface area contributed by atoms with Gasteiger partial charge >= 0.3 is 5.69 Å². The highest BCUT2D eigenvalue weighted by Crippen LogP contribution is 2.38.